The summed E-state index contributed by atoms with van der Waals surface area (Å²) in [4.78, 5) is 15.6. The number of carbonyl (C=O) groups is 1. The number of halogens is 1. The van der Waals surface area contributed by atoms with E-state index in [2.05, 4.69) is 4.98 Å². The summed E-state index contributed by atoms with van der Waals surface area (Å²) in [6, 6.07) is 9.79. The molecule has 0 aliphatic heterocycles. The summed E-state index contributed by atoms with van der Waals surface area (Å²) in [7, 11) is 0. The van der Waals surface area contributed by atoms with Gasteiger partial charge in [0.05, 0.1) is 5.92 Å². The first-order valence-electron chi connectivity index (χ1n) is 6.44. The van der Waals surface area contributed by atoms with Gasteiger partial charge in [0, 0.05) is 18.3 Å². The average Bonchev–Trinajstić information content (AvgIpc) is 2.40. The highest BCUT2D eigenvalue weighted by Crippen LogP contribution is 2.17. The van der Waals surface area contributed by atoms with Gasteiger partial charge in [-0.3, -0.25) is 9.78 Å². The van der Waals surface area contributed by atoms with Gasteiger partial charge in [0.15, 0.2) is 0 Å². The fourth-order valence-corrected chi connectivity index (χ4v) is 2.16. The minimum Gasteiger partial charge on any atom is -0.481 e. The maximum atomic E-state index is 13.1. The van der Waals surface area contributed by atoms with E-state index in [0.717, 1.165) is 11.3 Å². The molecular formula is C16H16FNO2. The van der Waals surface area contributed by atoms with Gasteiger partial charge in [-0.2, -0.15) is 0 Å². The number of carboxylic acids is 1. The number of benzene rings is 1. The Hall–Kier alpha value is -2.23. The Morgan fingerprint density at radius 1 is 1.30 bits per heavy atom. The van der Waals surface area contributed by atoms with Crippen LogP contribution in [0.5, 0.6) is 0 Å². The number of hydrogen-bond acceptors (Lipinski definition) is 2. The first-order valence-corrected chi connectivity index (χ1v) is 6.44. The van der Waals surface area contributed by atoms with Crippen LogP contribution in [-0.4, -0.2) is 16.1 Å². The largest absolute Gasteiger partial charge is 0.481 e. The van der Waals surface area contributed by atoms with Gasteiger partial charge in [0.2, 0.25) is 0 Å². The number of nitrogens with zero attached hydrogens (tertiary/aromatic N) is 1. The van der Waals surface area contributed by atoms with Crippen molar-refractivity contribution in [2.75, 3.05) is 0 Å². The van der Waals surface area contributed by atoms with Gasteiger partial charge in [-0.15, -0.1) is 0 Å². The lowest BCUT2D eigenvalue weighted by Gasteiger charge is -2.13. The zero-order chi connectivity index (χ0) is 14.5. The minimum absolute atomic E-state index is 0.295. The molecule has 2 aromatic rings. The molecule has 1 atom stereocenters. The Morgan fingerprint density at radius 3 is 2.75 bits per heavy atom. The van der Waals surface area contributed by atoms with E-state index in [1.165, 1.54) is 12.1 Å². The van der Waals surface area contributed by atoms with E-state index in [1.807, 2.05) is 19.1 Å². The van der Waals surface area contributed by atoms with Crippen molar-refractivity contribution in [2.24, 2.45) is 5.92 Å². The zero-order valence-corrected chi connectivity index (χ0v) is 11.2. The number of aromatic nitrogens is 1. The lowest BCUT2D eigenvalue weighted by molar-refractivity contribution is -0.141. The van der Waals surface area contributed by atoms with Crippen LogP contribution in [0.4, 0.5) is 4.39 Å². The van der Waals surface area contributed by atoms with Crippen molar-refractivity contribution >= 4 is 5.97 Å². The molecule has 0 aliphatic carbocycles. The van der Waals surface area contributed by atoms with Crippen LogP contribution in [0, 0.1) is 18.7 Å². The SMILES string of the molecule is Cc1cccnc1CC(Cc1cccc(F)c1)C(=O)O. The summed E-state index contributed by atoms with van der Waals surface area (Å²) in [6.45, 7) is 1.91. The van der Waals surface area contributed by atoms with Crippen molar-refractivity contribution in [3.63, 3.8) is 0 Å². The van der Waals surface area contributed by atoms with Crippen LogP contribution < -0.4 is 0 Å². The molecule has 4 heteroatoms. The molecule has 1 aromatic carbocycles. The summed E-state index contributed by atoms with van der Waals surface area (Å²) in [5.41, 5.74) is 2.43. The van der Waals surface area contributed by atoms with Crippen LogP contribution in [0.3, 0.4) is 0 Å². The molecule has 0 amide bonds. The van der Waals surface area contributed by atoms with Crippen LogP contribution in [0.15, 0.2) is 42.6 Å². The van der Waals surface area contributed by atoms with Crippen molar-refractivity contribution in [1.82, 2.24) is 4.98 Å². The second-order valence-electron chi connectivity index (χ2n) is 4.84. The molecule has 1 heterocycles. The van der Waals surface area contributed by atoms with Crippen molar-refractivity contribution < 1.29 is 14.3 Å². The standard InChI is InChI=1S/C16H16FNO2/c1-11-4-3-7-18-15(11)10-13(16(19)20)8-12-5-2-6-14(17)9-12/h2-7,9,13H,8,10H2,1H3,(H,19,20). The average molecular weight is 273 g/mol. The number of carboxylic acid groups (broad SMARTS) is 1. The highest BCUT2D eigenvalue weighted by Gasteiger charge is 2.20. The van der Waals surface area contributed by atoms with Gasteiger partial charge in [-0.05, 0) is 42.7 Å². The molecule has 104 valence electrons. The maximum Gasteiger partial charge on any atom is 0.307 e. The Kier molecular flexibility index (Phi) is 4.45. The van der Waals surface area contributed by atoms with Gasteiger partial charge < -0.3 is 5.11 Å². The van der Waals surface area contributed by atoms with Crippen LogP contribution in [-0.2, 0) is 17.6 Å². The van der Waals surface area contributed by atoms with Crippen LogP contribution in [0.25, 0.3) is 0 Å². The molecule has 0 bridgehead atoms. The minimum atomic E-state index is -0.890. The van der Waals surface area contributed by atoms with Gasteiger partial charge in [0.1, 0.15) is 5.82 Å². The second-order valence-corrected chi connectivity index (χ2v) is 4.84. The molecule has 2 rings (SSSR count). The predicted octanol–water partition coefficient (Wildman–Crippen LogP) is 3.02. The third-order valence-electron chi connectivity index (χ3n) is 3.28. The van der Waals surface area contributed by atoms with E-state index in [4.69, 9.17) is 0 Å². The second kappa shape index (κ2) is 6.28. The number of rotatable bonds is 5. The van der Waals surface area contributed by atoms with Gasteiger partial charge in [-0.25, -0.2) is 4.39 Å². The normalized spacial score (nSPS) is 12.1. The predicted molar refractivity (Wildman–Crippen MR) is 73.9 cm³/mol. The van der Waals surface area contributed by atoms with Gasteiger partial charge in [0.25, 0.3) is 0 Å². The Balaban J connectivity index is 2.16. The summed E-state index contributed by atoms with van der Waals surface area (Å²) in [5, 5.41) is 9.33. The molecule has 20 heavy (non-hydrogen) atoms. The van der Waals surface area contributed by atoms with E-state index >= 15 is 0 Å². The van der Waals surface area contributed by atoms with Crippen molar-refractivity contribution in [1.29, 1.82) is 0 Å². The molecule has 1 N–H and O–H groups in total. The summed E-state index contributed by atoms with van der Waals surface area (Å²) in [6.07, 6.45) is 2.30. The third kappa shape index (κ3) is 3.63. The molecule has 0 spiro atoms. The lowest BCUT2D eigenvalue weighted by Crippen LogP contribution is -2.20. The smallest absolute Gasteiger partial charge is 0.307 e. The topological polar surface area (TPSA) is 50.2 Å². The molecule has 0 radical (unpaired) electrons. The molecular weight excluding hydrogens is 257 g/mol. The molecule has 0 aliphatic rings. The first kappa shape index (κ1) is 14.2. The van der Waals surface area contributed by atoms with E-state index in [0.29, 0.717) is 18.4 Å². The van der Waals surface area contributed by atoms with Gasteiger partial charge >= 0.3 is 5.97 Å². The fourth-order valence-electron chi connectivity index (χ4n) is 2.16. The lowest BCUT2D eigenvalue weighted by atomic mass is 9.93. The number of pyridine rings is 1. The van der Waals surface area contributed by atoms with Crippen LogP contribution in [0.2, 0.25) is 0 Å². The van der Waals surface area contributed by atoms with E-state index in [9.17, 15) is 14.3 Å². The highest BCUT2D eigenvalue weighted by atomic mass is 19.1. The third-order valence-corrected chi connectivity index (χ3v) is 3.28. The van der Waals surface area contributed by atoms with Gasteiger partial charge in [-0.1, -0.05) is 18.2 Å². The molecule has 0 fully saturated rings. The Labute approximate surface area is 117 Å². The summed E-state index contributed by atoms with van der Waals surface area (Å²) in [5.74, 6) is -1.84. The first-order chi connectivity index (χ1) is 9.56. The monoisotopic (exact) mass is 273 g/mol. The number of aryl methyl sites for hydroxylation is 1. The molecule has 1 aromatic heterocycles. The van der Waals surface area contributed by atoms with Crippen LogP contribution in [0.1, 0.15) is 16.8 Å². The van der Waals surface area contributed by atoms with E-state index in [-0.39, 0.29) is 5.82 Å². The molecule has 0 saturated carbocycles. The van der Waals surface area contributed by atoms with Crippen molar-refractivity contribution in [3.05, 3.63) is 65.2 Å². The van der Waals surface area contributed by atoms with E-state index in [1.54, 1.807) is 18.3 Å². The quantitative estimate of drug-likeness (QED) is 0.911. The number of aliphatic carboxylic acids is 1. The highest BCUT2D eigenvalue weighted by molar-refractivity contribution is 5.70. The fraction of sp³-hybridized carbons (Fsp3) is 0.250. The molecule has 1 unspecified atom stereocenters. The zero-order valence-electron chi connectivity index (χ0n) is 11.2. The van der Waals surface area contributed by atoms with E-state index < -0.39 is 11.9 Å². The Morgan fingerprint density at radius 2 is 2.10 bits per heavy atom. The molecule has 3 nitrogen and oxygen atoms in total. The number of hydrogen-bond donors (Lipinski definition) is 1. The maximum absolute atomic E-state index is 13.1. The van der Waals surface area contributed by atoms with Crippen molar-refractivity contribution in [3.8, 4) is 0 Å². The summed E-state index contributed by atoms with van der Waals surface area (Å²) >= 11 is 0. The summed E-state index contributed by atoms with van der Waals surface area (Å²) < 4.78 is 13.1. The Bertz CT molecular complexity index is 613. The molecule has 0 saturated heterocycles. The van der Waals surface area contributed by atoms with Crippen molar-refractivity contribution in [2.45, 2.75) is 19.8 Å². The van der Waals surface area contributed by atoms with Crippen LogP contribution >= 0.6 is 0 Å².